The molecule has 0 saturated heterocycles. The van der Waals surface area contributed by atoms with E-state index in [9.17, 15) is 9.59 Å². The van der Waals surface area contributed by atoms with E-state index in [1.54, 1.807) is 51.7 Å². The first kappa shape index (κ1) is 29.1. The Morgan fingerprint density at radius 2 is 1.50 bits per heavy atom. The van der Waals surface area contributed by atoms with E-state index in [-0.39, 0.29) is 17.4 Å². The molecule has 0 saturated carbocycles. The SMILES string of the molecule is COc1ccc(C(C)NCCCc2ccc(NC(=O)c3cccc4c(=O)c5cccc(OC)c5sc34)cc2)cc1OC. The highest BCUT2D eigenvalue weighted by Gasteiger charge is 2.16. The summed E-state index contributed by atoms with van der Waals surface area (Å²) in [5.74, 6) is 1.80. The molecule has 7 nitrogen and oxygen atoms in total. The number of carbonyl (C=O) groups is 1. The summed E-state index contributed by atoms with van der Waals surface area (Å²) in [6.45, 7) is 2.99. The third-order valence-electron chi connectivity index (χ3n) is 7.36. The Morgan fingerprint density at radius 1 is 0.810 bits per heavy atom. The third-order valence-corrected chi connectivity index (χ3v) is 8.63. The summed E-state index contributed by atoms with van der Waals surface area (Å²) in [5, 5.41) is 7.68. The zero-order valence-electron chi connectivity index (χ0n) is 24.2. The molecule has 0 bridgehead atoms. The van der Waals surface area contributed by atoms with E-state index in [0.717, 1.165) is 41.1 Å². The molecule has 2 N–H and O–H groups in total. The van der Waals surface area contributed by atoms with Crippen LogP contribution in [0.15, 0.2) is 83.7 Å². The van der Waals surface area contributed by atoms with Crippen molar-refractivity contribution >= 4 is 43.1 Å². The Bertz CT molecular complexity index is 1780. The number of carbonyl (C=O) groups excluding carboxylic acids is 1. The summed E-state index contributed by atoms with van der Waals surface area (Å²) < 4.78 is 17.6. The fourth-order valence-electron chi connectivity index (χ4n) is 5.02. The van der Waals surface area contributed by atoms with Gasteiger partial charge in [-0.25, -0.2) is 0 Å². The number of hydrogen-bond acceptors (Lipinski definition) is 7. The highest BCUT2D eigenvalue weighted by molar-refractivity contribution is 7.25. The minimum atomic E-state index is -0.258. The number of ether oxygens (including phenoxy) is 3. The van der Waals surface area contributed by atoms with Gasteiger partial charge in [0.15, 0.2) is 16.9 Å². The van der Waals surface area contributed by atoms with Crippen molar-refractivity contribution in [1.82, 2.24) is 5.32 Å². The van der Waals surface area contributed by atoms with Gasteiger partial charge in [0.2, 0.25) is 0 Å². The third kappa shape index (κ3) is 6.10. The maximum Gasteiger partial charge on any atom is 0.257 e. The highest BCUT2D eigenvalue weighted by atomic mass is 32.1. The molecule has 0 spiro atoms. The van der Waals surface area contributed by atoms with Crippen molar-refractivity contribution in [2.75, 3.05) is 33.2 Å². The van der Waals surface area contributed by atoms with Crippen LogP contribution in [-0.2, 0) is 6.42 Å². The van der Waals surface area contributed by atoms with Gasteiger partial charge in [0.25, 0.3) is 5.91 Å². The van der Waals surface area contributed by atoms with Crippen molar-refractivity contribution in [2.45, 2.75) is 25.8 Å². The second-order valence-electron chi connectivity index (χ2n) is 10.00. The lowest BCUT2D eigenvalue weighted by atomic mass is 10.1. The van der Waals surface area contributed by atoms with E-state index >= 15 is 0 Å². The standard InChI is InChI=1S/C34H34N2O5S/c1-21(23-15-18-28(39-2)30(20-23)41-4)35-19-7-8-22-13-16-24(17-14-22)36-34(38)27-11-5-9-25-31(37)26-10-6-12-29(40-3)33(26)42-32(25)27/h5-6,9-18,20-21,35H,7-8,19H2,1-4H3,(H,36,38). The summed E-state index contributed by atoms with van der Waals surface area (Å²) in [7, 11) is 4.85. The lowest BCUT2D eigenvalue weighted by molar-refractivity contribution is 0.102. The molecule has 5 aromatic rings. The van der Waals surface area contributed by atoms with E-state index in [1.807, 2.05) is 48.5 Å². The Hall–Kier alpha value is -4.40. The molecular weight excluding hydrogens is 548 g/mol. The van der Waals surface area contributed by atoms with E-state index in [2.05, 4.69) is 17.6 Å². The smallest absolute Gasteiger partial charge is 0.257 e. The second-order valence-corrected chi connectivity index (χ2v) is 11.0. The van der Waals surface area contributed by atoms with Gasteiger partial charge in [-0.3, -0.25) is 9.59 Å². The molecule has 1 aromatic heterocycles. The quantitative estimate of drug-likeness (QED) is 0.129. The lowest BCUT2D eigenvalue weighted by Gasteiger charge is -2.16. The van der Waals surface area contributed by atoms with Crippen molar-refractivity contribution in [3.8, 4) is 17.2 Å². The predicted octanol–water partition coefficient (Wildman–Crippen LogP) is 6.98. The molecular formula is C34H34N2O5S. The second kappa shape index (κ2) is 13.1. The van der Waals surface area contributed by atoms with E-state index in [1.165, 1.54) is 16.9 Å². The minimum absolute atomic E-state index is 0.107. The molecule has 5 rings (SSSR count). The number of aryl methyl sites for hydroxylation is 1. The van der Waals surface area contributed by atoms with E-state index < -0.39 is 0 Å². The molecule has 0 aliphatic rings. The molecule has 216 valence electrons. The van der Waals surface area contributed by atoms with Crippen LogP contribution >= 0.6 is 11.3 Å². The summed E-state index contributed by atoms with van der Waals surface area (Å²) in [4.78, 5) is 26.5. The molecule has 1 heterocycles. The van der Waals surface area contributed by atoms with Gasteiger partial charge in [-0.15, -0.1) is 11.3 Å². The van der Waals surface area contributed by atoms with Gasteiger partial charge in [0, 0.05) is 22.5 Å². The largest absolute Gasteiger partial charge is 0.495 e. The van der Waals surface area contributed by atoms with Crippen LogP contribution in [0.4, 0.5) is 5.69 Å². The zero-order chi connectivity index (χ0) is 29.6. The van der Waals surface area contributed by atoms with Crippen molar-refractivity contribution in [3.63, 3.8) is 0 Å². The molecule has 1 amide bonds. The summed E-state index contributed by atoms with van der Waals surface area (Å²) in [6, 6.07) is 24.7. The molecule has 1 unspecified atom stereocenters. The summed E-state index contributed by atoms with van der Waals surface area (Å²) >= 11 is 1.40. The minimum Gasteiger partial charge on any atom is -0.495 e. The first-order chi connectivity index (χ1) is 20.4. The highest BCUT2D eigenvalue weighted by Crippen LogP contribution is 2.34. The van der Waals surface area contributed by atoms with Gasteiger partial charge in [0.05, 0.1) is 36.3 Å². The maximum atomic E-state index is 13.3. The van der Waals surface area contributed by atoms with Gasteiger partial charge in [-0.2, -0.15) is 0 Å². The lowest BCUT2D eigenvalue weighted by Crippen LogP contribution is -2.20. The van der Waals surface area contributed by atoms with E-state index in [0.29, 0.717) is 32.5 Å². The van der Waals surface area contributed by atoms with Crippen molar-refractivity contribution in [3.05, 3.63) is 106 Å². The maximum absolute atomic E-state index is 13.3. The monoisotopic (exact) mass is 582 g/mol. The molecule has 0 radical (unpaired) electrons. The van der Waals surface area contributed by atoms with Crippen molar-refractivity contribution in [1.29, 1.82) is 0 Å². The van der Waals surface area contributed by atoms with Gasteiger partial charge < -0.3 is 24.8 Å². The number of fused-ring (bicyclic) bond motifs is 2. The predicted molar refractivity (Wildman–Crippen MR) is 171 cm³/mol. The Kier molecular flexibility index (Phi) is 9.05. The van der Waals surface area contributed by atoms with Crippen molar-refractivity contribution < 1.29 is 19.0 Å². The molecule has 0 fully saturated rings. The fraction of sp³-hybridized carbons (Fsp3) is 0.235. The van der Waals surface area contributed by atoms with Crippen LogP contribution in [-0.4, -0.2) is 33.8 Å². The van der Waals surface area contributed by atoms with E-state index in [4.69, 9.17) is 14.2 Å². The Labute approximate surface area is 249 Å². The van der Waals surface area contributed by atoms with Crippen LogP contribution in [0, 0.1) is 0 Å². The van der Waals surface area contributed by atoms with Crippen LogP contribution in [0.1, 0.15) is 40.9 Å². The fourth-order valence-corrected chi connectivity index (χ4v) is 6.28. The topological polar surface area (TPSA) is 85.9 Å². The van der Waals surface area contributed by atoms with Crippen LogP contribution in [0.5, 0.6) is 17.2 Å². The number of hydrogen-bond donors (Lipinski definition) is 2. The number of anilines is 1. The number of amides is 1. The first-order valence-corrected chi connectivity index (χ1v) is 14.6. The van der Waals surface area contributed by atoms with Crippen LogP contribution < -0.4 is 30.3 Å². The zero-order valence-corrected chi connectivity index (χ0v) is 25.0. The molecule has 4 aromatic carbocycles. The summed E-state index contributed by atoms with van der Waals surface area (Å²) in [6.07, 6.45) is 1.88. The number of rotatable bonds is 11. The van der Waals surface area contributed by atoms with Crippen molar-refractivity contribution in [2.24, 2.45) is 0 Å². The summed E-state index contributed by atoms with van der Waals surface area (Å²) in [5.41, 5.74) is 3.38. The average Bonchev–Trinajstić information content (AvgIpc) is 3.03. The van der Waals surface area contributed by atoms with Crippen LogP contribution in [0.25, 0.3) is 20.2 Å². The molecule has 0 aliphatic heterocycles. The number of methoxy groups -OCH3 is 3. The Balaban J connectivity index is 1.21. The first-order valence-electron chi connectivity index (χ1n) is 13.8. The van der Waals surface area contributed by atoms with Gasteiger partial charge in [0.1, 0.15) is 5.75 Å². The molecule has 0 aliphatic carbocycles. The number of benzene rings is 4. The van der Waals surface area contributed by atoms with Gasteiger partial charge in [-0.05, 0) is 86.0 Å². The van der Waals surface area contributed by atoms with Crippen LogP contribution in [0.2, 0.25) is 0 Å². The normalized spacial score (nSPS) is 11.8. The Morgan fingerprint density at radius 3 is 2.21 bits per heavy atom. The molecule has 42 heavy (non-hydrogen) atoms. The van der Waals surface area contributed by atoms with Gasteiger partial charge in [-0.1, -0.05) is 30.3 Å². The number of nitrogens with one attached hydrogen (secondary N) is 2. The van der Waals surface area contributed by atoms with Crippen LogP contribution in [0.3, 0.4) is 0 Å². The molecule has 1 atom stereocenters. The van der Waals surface area contributed by atoms with Gasteiger partial charge >= 0.3 is 0 Å². The molecule has 8 heteroatoms. The average molecular weight is 583 g/mol.